The standard InChI is InChI=1S/C26H30N4O5S/c1-5-33-20-12-17(13-21(34-6-2)23(20)35-7-3)24(32)27-26-29-28-25(36-26)18-14-22(31)30(15-18)19-10-8-16(4)9-11-19/h8-13,18H,5-7,14-15H2,1-4H3,(H,27,29,32). The highest BCUT2D eigenvalue weighted by atomic mass is 32.1. The number of nitrogens with zero attached hydrogens (tertiary/aromatic N) is 3. The maximum atomic E-state index is 13.1. The van der Waals surface area contributed by atoms with Crippen LogP contribution in [0.3, 0.4) is 0 Å². The average Bonchev–Trinajstić information content (AvgIpc) is 3.48. The Kier molecular flexibility index (Phi) is 8.04. The summed E-state index contributed by atoms with van der Waals surface area (Å²) in [6.45, 7) is 9.39. The first-order valence-corrected chi connectivity index (χ1v) is 12.8. The van der Waals surface area contributed by atoms with E-state index in [0.717, 1.165) is 11.3 Å². The number of carbonyl (C=O) groups excluding carboxylic acids is 2. The third kappa shape index (κ3) is 5.59. The summed E-state index contributed by atoms with van der Waals surface area (Å²) in [7, 11) is 0. The highest BCUT2D eigenvalue weighted by Crippen LogP contribution is 2.40. The SMILES string of the molecule is CCOc1cc(C(=O)Nc2nnc(C3CC(=O)N(c4ccc(C)cc4)C3)s2)cc(OCC)c1OCC. The van der Waals surface area contributed by atoms with Crippen LogP contribution in [0.15, 0.2) is 36.4 Å². The van der Waals surface area contributed by atoms with Gasteiger partial charge in [0, 0.05) is 30.1 Å². The number of benzene rings is 2. The summed E-state index contributed by atoms with van der Waals surface area (Å²) < 4.78 is 17.1. The van der Waals surface area contributed by atoms with Gasteiger partial charge in [0.15, 0.2) is 11.5 Å². The van der Waals surface area contributed by atoms with Crippen molar-refractivity contribution in [3.8, 4) is 17.2 Å². The molecule has 3 aromatic rings. The number of rotatable bonds is 10. The highest BCUT2D eigenvalue weighted by molar-refractivity contribution is 7.15. The van der Waals surface area contributed by atoms with Gasteiger partial charge < -0.3 is 19.1 Å². The summed E-state index contributed by atoms with van der Waals surface area (Å²) in [5.74, 6) is 0.946. The quantitative estimate of drug-likeness (QED) is 0.417. The molecule has 1 aliphatic heterocycles. The molecule has 2 heterocycles. The summed E-state index contributed by atoms with van der Waals surface area (Å²) in [5, 5.41) is 12.3. The van der Waals surface area contributed by atoms with Crippen LogP contribution in [-0.4, -0.2) is 48.4 Å². The first-order chi connectivity index (χ1) is 17.4. The smallest absolute Gasteiger partial charge is 0.257 e. The van der Waals surface area contributed by atoms with Crippen LogP contribution in [0.25, 0.3) is 0 Å². The summed E-state index contributed by atoms with van der Waals surface area (Å²) in [5.41, 5.74) is 2.36. The van der Waals surface area contributed by atoms with Crippen LogP contribution in [0.2, 0.25) is 0 Å². The molecule has 10 heteroatoms. The van der Waals surface area contributed by atoms with Crippen LogP contribution in [0.1, 0.15) is 54.0 Å². The van der Waals surface area contributed by atoms with E-state index in [1.807, 2.05) is 52.0 Å². The third-order valence-corrected chi connectivity index (χ3v) is 6.65. The van der Waals surface area contributed by atoms with Gasteiger partial charge in [0.25, 0.3) is 5.91 Å². The maximum absolute atomic E-state index is 13.1. The summed E-state index contributed by atoms with van der Waals surface area (Å²) in [6.07, 6.45) is 0.352. The lowest BCUT2D eigenvalue weighted by molar-refractivity contribution is -0.117. The number of nitrogens with one attached hydrogen (secondary N) is 1. The Morgan fingerprint density at radius 3 is 2.28 bits per heavy atom. The van der Waals surface area contributed by atoms with Crippen molar-refractivity contribution in [3.05, 3.63) is 52.5 Å². The van der Waals surface area contributed by atoms with Gasteiger partial charge >= 0.3 is 0 Å². The number of carbonyl (C=O) groups is 2. The summed E-state index contributed by atoms with van der Waals surface area (Å²) >= 11 is 1.27. The molecule has 0 aliphatic carbocycles. The van der Waals surface area contributed by atoms with E-state index in [1.165, 1.54) is 11.3 Å². The second-order valence-corrected chi connectivity index (χ2v) is 9.25. The van der Waals surface area contributed by atoms with Gasteiger partial charge in [-0.25, -0.2) is 0 Å². The van der Waals surface area contributed by atoms with Crippen LogP contribution < -0.4 is 24.4 Å². The Hall–Kier alpha value is -3.66. The summed E-state index contributed by atoms with van der Waals surface area (Å²) in [6, 6.07) is 11.1. The Labute approximate surface area is 214 Å². The normalized spacial score (nSPS) is 15.2. The number of ether oxygens (including phenoxy) is 3. The molecule has 0 saturated carbocycles. The van der Waals surface area contributed by atoms with Gasteiger partial charge in [-0.15, -0.1) is 10.2 Å². The van der Waals surface area contributed by atoms with Gasteiger partial charge in [-0.3, -0.25) is 14.9 Å². The number of aromatic nitrogens is 2. The zero-order valence-electron chi connectivity index (χ0n) is 20.9. The minimum atomic E-state index is -0.369. The number of amides is 2. The molecule has 0 radical (unpaired) electrons. The van der Waals surface area contributed by atoms with E-state index in [9.17, 15) is 9.59 Å². The van der Waals surface area contributed by atoms with Gasteiger partial charge in [0.1, 0.15) is 5.01 Å². The minimum absolute atomic E-state index is 0.0472. The monoisotopic (exact) mass is 510 g/mol. The zero-order valence-corrected chi connectivity index (χ0v) is 21.7. The van der Waals surface area contributed by atoms with Crippen molar-refractivity contribution in [1.29, 1.82) is 0 Å². The van der Waals surface area contributed by atoms with Crippen LogP contribution in [0.5, 0.6) is 17.2 Å². The Morgan fingerprint density at radius 2 is 1.67 bits per heavy atom. The van der Waals surface area contributed by atoms with Crippen molar-refractivity contribution < 1.29 is 23.8 Å². The van der Waals surface area contributed by atoms with Crippen molar-refractivity contribution in [2.75, 3.05) is 36.6 Å². The molecule has 4 rings (SSSR count). The zero-order chi connectivity index (χ0) is 25.7. The van der Waals surface area contributed by atoms with Crippen LogP contribution in [0.4, 0.5) is 10.8 Å². The van der Waals surface area contributed by atoms with Crippen LogP contribution in [0, 0.1) is 6.92 Å². The van der Waals surface area contributed by atoms with Gasteiger partial charge in [-0.1, -0.05) is 29.0 Å². The highest BCUT2D eigenvalue weighted by Gasteiger charge is 2.34. The van der Waals surface area contributed by atoms with Crippen molar-refractivity contribution in [2.45, 2.75) is 40.0 Å². The van der Waals surface area contributed by atoms with Crippen LogP contribution in [-0.2, 0) is 4.79 Å². The van der Waals surface area contributed by atoms with E-state index in [1.54, 1.807) is 17.0 Å². The van der Waals surface area contributed by atoms with E-state index in [-0.39, 0.29) is 17.7 Å². The largest absolute Gasteiger partial charge is 0.490 e. The van der Waals surface area contributed by atoms with Gasteiger partial charge in [-0.05, 0) is 52.0 Å². The molecule has 0 spiro atoms. The second kappa shape index (κ2) is 11.4. The Balaban J connectivity index is 1.49. The predicted molar refractivity (Wildman–Crippen MR) is 139 cm³/mol. The average molecular weight is 511 g/mol. The molecule has 1 fully saturated rings. The van der Waals surface area contributed by atoms with E-state index < -0.39 is 0 Å². The second-order valence-electron chi connectivity index (χ2n) is 8.24. The molecule has 1 atom stereocenters. The molecule has 1 aliphatic rings. The third-order valence-electron chi connectivity index (χ3n) is 5.65. The fourth-order valence-electron chi connectivity index (χ4n) is 3.99. The van der Waals surface area contributed by atoms with Crippen molar-refractivity contribution in [1.82, 2.24) is 10.2 Å². The lowest BCUT2D eigenvalue weighted by Crippen LogP contribution is -2.24. The molecule has 1 N–H and O–H groups in total. The van der Waals surface area contributed by atoms with E-state index in [2.05, 4.69) is 15.5 Å². The molecular formula is C26H30N4O5S. The first-order valence-electron chi connectivity index (χ1n) is 12.0. The topological polar surface area (TPSA) is 103 Å². The van der Waals surface area contributed by atoms with Gasteiger partial charge in [0.05, 0.1) is 19.8 Å². The number of anilines is 2. The Bertz CT molecular complexity index is 1200. The lowest BCUT2D eigenvalue weighted by Gasteiger charge is -2.16. The van der Waals surface area contributed by atoms with Crippen molar-refractivity contribution in [2.24, 2.45) is 0 Å². The van der Waals surface area contributed by atoms with Crippen molar-refractivity contribution in [3.63, 3.8) is 0 Å². The molecule has 190 valence electrons. The summed E-state index contributed by atoms with van der Waals surface area (Å²) in [4.78, 5) is 27.5. The van der Waals surface area contributed by atoms with Crippen molar-refractivity contribution >= 4 is 34.0 Å². The van der Waals surface area contributed by atoms with E-state index in [4.69, 9.17) is 14.2 Å². The maximum Gasteiger partial charge on any atom is 0.257 e. The molecule has 36 heavy (non-hydrogen) atoms. The molecule has 0 bridgehead atoms. The predicted octanol–water partition coefficient (Wildman–Crippen LogP) is 4.82. The molecule has 1 aromatic heterocycles. The fraction of sp³-hybridized carbons (Fsp3) is 0.385. The molecule has 2 amide bonds. The fourth-order valence-corrected chi connectivity index (χ4v) is 4.82. The minimum Gasteiger partial charge on any atom is -0.490 e. The van der Waals surface area contributed by atoms with Crippen LogP contribution >= 0.6 is 11.3 Å². The van der Waals surface area contributed by atoms with Gasteiger partial charge in [0.2, 0.25) is 16.8 Å². The number of hydrogen-bond acceptors (Lipinski definition) is 8. The van der Waals surface area contributed by atoms with Gasteiger partial charge in [-0.2, -0.15) is 0 Å². The molecule has 2 aromatic carbocycles. The molecule has 9 nitrogen and oxygen atoms in total. The number of hydrogen-bond donors (Lipinski definition) is 1. The molecule has 1 saturated heterocycles. The van der Waals surface area contributed by atoms with E-state index >= 15 is 0 Å². The lowest BCUT2D eigenvalue weighted by atomic mass is 10.1. The molecule has 1 unspecified atom stereocenters. The first kappa shape index (κ1) is 25.4. The number of aryl methyl sites for hydroxylation is 1. The van der Waals surface area contributed by atoms with E-state index in [0.29, 0.717) is 65.7 Å². The molecular weight excluding hydrogens is 480 g/mol. The Morgan fingerprint density at radius 1 is 1.03 bits per heavy atom.